The van der Waals surface area contributed by atoms with Gasteiger partial charge in [0.25, 0.3) is 0 Å². The number of aromatic nitrogens is 5. The van der Waals surface area contributed by atoms with Gasteiger partial charge in [0, 0.05) is 25.5 Å². The highest BCUT2D eigenvalue weighted by molar-refractivity contribution is 5.38. The first-order valence-electron chi connectivity index (χ1n) is 7.05. The molecule has 3 heterocycles. The number of likely N-dealkylation sites (tertiary alicyclic amines) is 1. The van der Waals surface area contributed by atoms with Crippen molar-refractivity contribution in [1.82, 2.24) is 29.4 Å². The van der Waals surface area contributed by atoms with Gasteiger partial charge in [-0.3, -0.25) is 4.57 Å². The maximum absolute atomic E-state index is 5.82. The molecule has 21 heavy (non-hydrogen) atoms. The number of rotatable bonds is 3. The Morgan fingerprint density at radius 3 is 2.67 bits per heavy atom. The van der Waals surface area contributed by atoms with E-state index < -0.39 is 0 Å². The lowest BCUT2D eigenvalue weighted by atomic mass is 10.0. The summed E-state index contributed by atoms with van der Waals surface area (Å²) in [7, 11) is 4.16. The molecular weight excluding hydrogens is 268 g/mol. The molecule has 0 radical (unpaired) electrons. The fourth-order valence-corrected chi connectivity index (χ4v) is 2.57. The minimum absolute atomic E-state index is 0.225. The van der Waals surface area contributed by atoms with E-state index in [2.05, 4.69) is 36.8 Å². The number of nitrogens with two attached hydrogens (primary N) is 1. The van der Waals surface area contributed by atoms with Gasteiger partial charge in [-0.1, -0.05) is 0 Å². The van der Waals surface area contributed by atoms with E-state index in [0.717, 1.165) is 25.9 Å². The molecule has 1 aliphatic heterocycles. The number of anilines is 2. The van der Waals surface area contributed by atoms with Crippen molar-refractivity contribution in [3.8, 4) is 5.95 Å². The summed E-state index contributed by atoms with van der Waals surface area (Å²) in [5.74, 6) is 1.33. The molecule has 1 aliphatic rings. The minimum Gasteiger partial charge on any atom is -0.368 e. The van der Waals surface area contributed by atoms with Crippen LogP contribution >= 0.6 is 0 Å². The van der Waals surface area contributed by atoms with Gasteiger partial charge in [-0.15, -0.1) is 0 Å². The highest BCUT2D eigenvalue weighted by atomic mass is 15.3. The van der Waals surface area contributed by atoms with Crippen molar-refractivity contribution in [2.75, 3.05) is 37.8 Å². The number of nitrogens with zero attached hydrogens (tertiary/aromatic N) is 7. The molecule has 1 saturated heterocycles. The average Bonchev–Trinajstić information content (AvgIpc) is 3.01. The molecule has 0 saturated carbocycles. The van der Waals surface area contributed by atoms with Crippen molar-refractivity contribution >= 4 is 11.9 Å². The Balaban J connectivity index is 1.84. The van der Waals surface area contributed by atoms with Crippen molar-refractivity contribution in [3.63, 3.8) is 0 Å². The average molecular weight is 288 g/mol. The molecule has 0 aromatic carbocycles. The van der Waals surface area contributed by atoms with E-state index in [-0.39, 0.29) is 5.95 Å². The van der Waals surface area contributed by atoms with Gasteiger partial charge in [-0.2, -0.15) is 15.0 Å². The number of hydrogen-bond acceptors (Lipinski definition) is 7. The Morgan fingerprint density at radius 1 is 1.24 bits per heavy atom. The highest BCUT2D eigenvalue weighted by Crippen LogP contribution is 2.19. The molecule has 0 unspecified atom stereocenters. The van der Waals surface area contributed by atoms with E-state index in [1.165, 1.54) is 0 Å². The summed E-state index contributed by atoms with van der Waals surface area (Å²) in [5, 5.41) is 0. The van der Waals surface area contributed by atoms with Crippen LogP contribution in [0.4, 0.5) is 11.9 Å². The molecule has 8 heteroatoms. The predicted molar refractivity (Wildman–Crippen MR) is 80.3 cm³/mol. The van der Waals surface area contributed by atoms with Crippen molar-refractivity contribution in [2.24, 2.45) is 0 Å². The monoisotopic (exact) mass is 288 g/mol. The van der Waals surface area contributed by atoms with Crippen LogP contribution in [0.5, 0.6) is 0 Å². The maximum Gasteiger partial charge on any atom is 0.241 e. The molecule has 0 amide bonds. The first kappa shape index (κ1) is 13.7. The van der Waals surface area contributed by atoms with E-state index in [1.54, 1.807) is 23.3 Å². The summed E-state index contributed by atoms with van der Waals surface area (Å²) in [6.45, 7) is 2.17. The van der Waals surface area contributed by atoms with Crippen LogP contribution in [0.2, 0.25) is 0 Å². The van der Waals surface area contributed by atoms with Crippen LogP contribution in [0.3, 0.4) is 0 Å². The lowest BCUT2D eigenvalue weighted by molar-refractivity contribution is 0.252. The summed E-state index contributed by atoms with van der Waals surface area (Å²) >= 11 is 0. The molecule has 0 bridgehead atoms. The number of imidazole rings is 1. The summed E-state index contributed by atoms with van der Waals surface area (Å²) in [6, 6.07) is 0.429. The molecule has 0 spiro atoms. The zero-order valence-corrected chi connectivity index (χ0v) is 12.3. The fourth-order valence-electron chi connectivity index (χ4n) is 2.57. The van der Waals surface area contributed by atoms with Gasteiger partial charge in [0.1, 0.15) is 6.33 Å². The van der Waals surface area contributed by atoms with Crippen LogP contribution in [0.15, 0.2) is 18.7 Å². The van der Waals surface area contributed by atoms with Crippen LogP contribution in [-0.2, 0) is 0 Å². The van der Waals surface area contributed by atoms with Gasteiger partial charge >= 0.3 is 0 Å². The Kier molecular flexibility index (Phi) is 3.70. The third-order valence-corrected chi connectivity index (χ3v) is 3.92. The predicted octanol–water partition coefficient (Wildman–Crippen LogP) is 0.170. The van der Waals surface area contributed by atoms with Crippen LogP contribution < -0.4 is 10.6 Å². The zero-order chi connectivity index (χ0) is 14.8. The quantitative estimate of drug-likeness (QED) is 0.861. The number of piperidine rings is 1. The molecule has 112 valence electrons. The van der Waals surface area contributed by atoms with Crippen LogP contribution in [-0.4, -0.2) is 62.6 Å². The Bertz CT molecular complexity index is 588. The fraction of sp³-hybridized carbons (Fsp3) is 0.538. The molecule has 2 N–H and O–H groups in total. The Hall–Kier alpha value is -2.22. The Morgan fingerprint density at radius 2 is 2.00 bits per heavy atom. The van der Waals surface area contributed by atoms with Crippen LogP contribution in [0, 0.1) is 0 Å². The largest absolute Gasteiger partial charge is 0.368 e. The second kappa shape index (κ2) is 5.65. The summed E-state index contributed by atoms with van der Waals surface area (Å²) in [6.07, 6.45) is 7.31. The Labute approximate surface area is 123 Å². The minimum atomic E-state index is 0.225. The standard InChI is InChI=1S/C13H20N8/c1-19-6-3-10(4-7-19)20(2)12-16-11(14)17-13(18-12)21-8-5-15-9-21/h5,8-10H,3-4,6-7H2,1-2H3,(H2,14,16,17,18). The topological polar surface area (TPSA) is 89.0 Å². The van der Waals surface area contributed by atoms with Crippen LogP contribution in [0.1, 0.15) is 12.8 Å². The van der Waals surface area contributed by atoms with Crippen LogP contribution in [0.25, 0.3) is 5.95 Å². The summed E-state index contributed by atoms with van der Waals surface area (Å²) < 4.78 is 1.73. The van der Waals surface area contributed by atoms with E-state index in [1.807, 2.05) is 7.05 Å². The molecule has 0 aliphatic carbocycles. The third-order valence-electron chi connectivity index (χ3n) is 3.92. The van der Waals surface area contributed by atoms with Crippen molar-refractivity contribution in [1.29, 1.82) is 0 Å². The van der Waals surface area contributed by atoms with Gasteiger partial charge < -0.3 is 15.5 Å². The van der Waals surface area contributed by atoms with E-state index in [4.69, 9.17) is 5.73 Å². The molecule has 2 aromatic rings. The van der Waals surface area contributed by atoms with Gasteiger partial charge in [-0.25, -0.2) is 4.98 Å². The number of hydrogen-bond donors (Lipinski definition) is 1. The van der Waals surface area contributed by atoms with E-state index >= 15 is 0 Å². The van der Waals surface area contributed by atoms with Gasteiger partial charge in [-0.05, 0) is 33.0 Å². The lowest BCUT2D eigenvalue weighted by Gasteiger charge is -2.35. The molecular formula is C13H20N8. The molecule has 2 aromatic heterocycles. The smallest absolute Gasteiger partial charge is 0.241 e. The molecule has 1 fully saturated rings. The maximum atomic E-state index is 5.82. The number of nitrogen functional groups attached to an aromatic ring is 1. The third kappa shape index (κ3) is 2.94. The second-order valence-electron chi connectivity index (χ2n) is 5.41. The van der Waals surface area contributed by atoms with Crippen molar-refractivity contribution in [3.05, 3.63) is 18.7 Å². The van der Waals surface area contributed by atoms with Crippen molar-refractivity contribution < 1.29 is 0 Å². The summed E-state index contributed by atoms with van der Waals surface area (Å²) in [4.78, 5) is 21.4. The first-order chi connectivity index (χ1) is 10.1. The molecule has 3 rings (SSSR count). The zero-order valence-electron chi connectivity index (χ0n) is 12.3. The molecule has 8 nitrogen and oxygen atoms in total. The van der Waals surface area contributed by atoms with Gasteiger partial charge in [0.2, 0.25) is 17.8 Å². The lowest BCUT2D eigenvalue weighted by Crippen LogP contribution is -2.42. The van der Waals surface area contributed by atoms with Gasteiger partial charge in [0.05, 0.1) is 0 Å². The van der Waals surface area contributed by atoms with Crippen molar-refractivity contribution in [2.45, 2.75) is 18.9 Å². The van der Waals surface area contributed by atoms with E-state index in [0.29, 0.717) is 17.9 Å². The SMILES string of the molecule is CN1CCC(N(C)c2nc(N)nc(-n3ccnc3)n2)CC1. The normalized spacial score (nSPS) is 17.0. The highest BCUT2D eigenvalue weighted by Gasteiger charge is 2.23. The first-order valence-corrected chi connectivity index (χ1v) is 7.05. The molecule has 0 atom stereocenters. The second-order valence-corrected chi connectivity index (χ2v) is 5.41. The summed E-state index contributed by atoms with van der Waals surface area (Å²) in [5.41, 5.74) is 5.82. The van der Waals surface area contributed by atoms with E-state index in [9.17, 15) is 0 Å². The van der Waals surface area contributed by atoms with Gasteiger partial charge in [0.15, 0.2) is 0 Å².